The van der Waals surface area contributed by atoms with Gasteiger partial charge in [0.2, 0.25) is 0 Å². The zero-order valence-electron chi connectivity index (χ0n) is 12.6. The molecule has 0 saturated carbocycles. The number of imidazole rings is 1. The topological polar surface area (TPSA) is 56.7 Å². The van der Waals surface area contributed by atoms with Crippen molar-refractivity contribution in [1.29, 1.82) is 0 Å². The first-order valence-electron chi connectivity index (χ1n) is 7.43. The molecule has 118 valence electrons. The lowest BCUT2D eigenvalue weighted by Crippen LogP contribution is -2.01. The minimum absolute atomic E-state index is 0.561. The van der Waals surface area contributed by atoms with E-state index >= 15 is 0 Å². The fraction of sp³-hybridized carbons (Fsp3) is 0.0556. The van der Waals surface area contributed by atoms with Crippen LogP contribution in [0.15, 0.2) is 71.8 Å². The van der Waals surface area contributed by atoms with Gasteiger partial charge in [-0.2, -0.15) is 0 Å². The second-order valence-corrected chi connectivity index (χ2v) is 5.68. The lowest BCUT2D eigenvalue weighted by atomic mass is 10.1. The van der Waals surface area contributed by atoms with Gasteiger partial charge in [0.25, 0.3) is 0 Å². The van der Waals surface area contributed by atoms with E-state index in [4.69, 9.17) is 16.1 Å². The molecule has 0 amide bonds. The van der Waals surface area contributed by atoms with Crippen LogP contribution in [0.5, 0.6) is 0 Å². The number of hydrogen-bond donors (Lipinski definition) is 0. The number of hydrogen-bond acceptors (Lipinski definition) is 4. The SMILES string of the molecule is Clc1ccccc1-c1cc(Cn2ccnc2-c2ccncc2)no1. The van der Waals surface area contributed by atoms with Crippen LogP contribution >= 0.6 is 11.6 Å². The molecule has 0 atom stereocenters. The van der Waals surface area contributed by atoms with Crippen LogP contribution in [0.4, 0.5) is 0 Å². The van der Waals surface area contributed by atoms with Crippen LogP contribution in [-0.2, 0) is 6.54 Å². The highest BCUT2D eigenvalue weighted by atomic mass is 35.5. The predicted octanol–water partition coefficient (Wildman–Crippen LogP) is 4.30. The number of rotatable bonds is 4. The van der Waals surface area contributed by atoms with Gasteiger partial charge in [0.15, 0.2) is 5.76 Å². The van der Waals surface area contributed by atoms with Crippen molar-refractivity contribution in [3.05, 3.63) is 78.0 Å². The van der Waals surface area contributed by atoms with Crippen LogP contribution in [-0.4, -0.2) is 19.7 Å². The molecule has 0 spiro atoms. The van der Waals surface area contributed by atoms with Gasteiger partial charge in [0.05, 0.1) is 11.6 Å². The molecule has 4 aromatic rings. The van der Waals surface area contributed by atoms with Crippen molar-refractivity contribution >= 4 is 11.6 Å². The van der Waals surface area contributed by atoms with Gasteiger partial charge in [0, 0.05) is 42.0 Å². The van der Waals surface area contributed by atoms with Gasteiger partial charge in [-0.3, -0.25) is 4.98 Å². The third-order valence-corrected chi connectivity index (χ3v) is 4.01. The minimum atomic E-state index is 0.561. The summed E-state index contributed by atoms with van der Waals surface area (Å²) in [6.45, 7) is 0.561. The van der Waals surface area contributed by atoms with E-state index in [2.05, 4.69) is 15.1 Å². The van der Waals surface area contributed by atoms with E-state index in [-0.39, 0.29) is 0 Å². The number of benzene rings is 1. The van der Waals surface area contributed by atoms with Crippen LogP contribution in [0, 0.1) is 0 Å². The van der Waals surface area contributed by atoms with E-state index in [1.54, 1.807) is 18.6 Å². The summed E-state index contributed by atoms with van der Waals surface area (Å²) in [4.78, 5) is 8.45. The summed E-state index contributed by atoms with van der Waals surface area (Å²) in [6, 6.07) is 13.3. The molecule has 3 aromatic heterocycles. The molecule has 24 heavy (non-hydrogen) atoms. The molecule has 0 fully saturated rings. The zero-order chi connectivity index (χ0) is 16.4. The summed E-state index contributed by atoms with van der Waals surface area (Å²) < 4.78 is 7.47. The van der Waals surface area contributed by atoms with Crippen LogP contribution in [0.2, 0.25) is 5.02 Å². The summed E-state index contributed by atoms with van der Waals surface area (Å²) in [5.41, 5.74) is 2.64. The number of halogens is 1. The van der Waals surface area contributed by atoms with Gasteiger partial charge in [-0.25, -0.2) is 4.98 Å². The van der Waals surface area contributed by atoms with Crippen LogP contribution < -0.4 is 0 Å². The molecule has 0 saturated heterocycles. The van der Waals surface area contributed by atoms with E-state index in [0.29, 0.717) is 17.3 Å². The second-order valence-electron chi connectivity index (χ2n) is 5.28. The van der Waals surface area contributed by atoms with Crippen molar-refractivity contribution in [3.8, 4) is 22.7 Å². The second kappa shape index (κ2) is 6.29. The van der Waals surface area contributed by atoms with Crippen LogP contribution in [0.25, 0.3) is 22.7 Å². The Morgan fingerprint density at radius 1 is 1.04 bits per heavy atom. The Morgan fingerprint density at radius 3 is 2.71 bits per heavy atom. The van der Waals surface area contributed by atoms with Gasteiger partial charge in [-0.05, 0) is 24.3 Å². The molecule has 0 bridgehead atoms. The maximum Gasteiger partial charge on any atom is 0.168 e. The monoisotopic (exact) mass is 336 g/mol. The number of aromatic nitrogens is 4. The molecular weight excluding hydrogens is 324 g/mol. The largest absolute Gasteiger partial charge is 0.356 e. The highest BCUT2D eigenvalue weighted by Crippen LogP contribution is 2.28. The molecule has 0 unspecified atom stereocenters. The Hall–Kier alpha value is -2.92. The van der Waals surface area contributed by atoms with E-state index in [9.17, 15) is 0 Å². The Morgan fingerprint density at radius 2 is 1.88 bits per heavy atom. The predicted molar refractivity (Wildman–Crippen MR) is 91.5 cm³/mol. The maximum atomic E-state index is 6.21. The molecule has 5 nitrogen and oxygen atoms in total. The van der Waals surface area contributed by atoms with E-state index in [1.807, 2.05) is 53.2 Å². The smallest absolute Gasteiger partial charge is 0.168 e. The molecule has 0 radical (unpaired) electrons. The fourth-order valence-electron chi connectivity index (χ4n) is 2.55. The van der Waals surface area contributed by atoms with Crippen LogP contribution in [0.3, 0.4) is 0 Å². The Labute approximate surface area is 143 Å². The Kier molecular flexibility index (Phi) is 3.84. The lowest BCUT2D eigenvalue weighted by Gasteiger charge is -2.05. The van der Waals surface area contributed by atoms with Crippen molar-refractivity contribution in [2.45, 2.75) is 6.54 Å². The zero-order valence-corrected chi connectivity index (χ0v) is 13.4. The number of nitrogens with zero attached hydrogens (tertiary/aromatic N) is 4. The summed E-state index contributed by atoms with van der Waals surface area (Å²) in [7, 11) is 0. The molecule has 0 N–H and O–H groups in total. The highest BCUT2D eigenvalue weighted by molar-refractivity contribution is 6.33. The van der Waals surface area contributed by atoms with Crippen molar-refractivity contribution in [2.75, 3.05) is 0 Å². The summed E-state index contributed by atoms with van der Waals surface area (Å²) in [5.74, 6) is 1.51. The minimum Gasteiger partial charge on any atom is -0.356 e. The average Bonchev–Trinajstić information content (AvgIpc) is 3.26. The molecular formula is C18H13ClN4O. The van der Waals surface area contributed by atoms with Gasteiger partial charge >= 0.3 is 0 Å². The Bertz CT molecular complexity index is 962. The molecule has 4 rings (SSSR count). The quantitative estimate of drug-likeness (QED) is 0.557. The fourth-order valence-corrected chi connectivity index (χ4v) is 2.78. The third kappa shape index (κ3) is 2.81. The van der Waals surface area contributed by atoms with Crippen molar-refractivity contribution < 1.29 is 4.52 Å². The molecule has 0 aliphatic rings. The van der Waals surface area contributed by atoms with Crippen molar-refractivity contribution in [1.82, 2.24) is 19.7 Å². The van der Waals surface area contributed by atoms with E-state index in [1.165, 1.54) is 0 Å². The average molecular weight is 337 g/mol. The van der Waals surface area contributed by atoms with Gasteiger partial charge < -0.3 is 9.09 Å². The van der Waals surface area contributed by atoms with E-state index in [0.717, 1.165) is 22.6 Å². The van der Waals surface area contributed by atoms with Gasteiger partial charge in [-0.15, -0.1) is 0 Å². The molecule has 1 aromatic carbocycles. The summed E-state index contributed by atoms with van der Waals surface area (Å²) in [5, 5.41) is 4.79. The first kappa shape index (κ1) is 14.7. The van der Waals surface area contributed by atoms with Gasteiger partial charge in [0.1, 0.15) is 11.5 Å². The molecule has 0 aliphatic carbocycles. The standard InChI is InChI=1S/C18H13ClN4O/c19-16-4-2-1-3-15(16)17-11-14(22-24-17)12-23-10-9-21-18(23)13-5-7-20-8-6-13/h1-11H,12H2. The summed E-state index contributed by atoms with van der Waals surface area (Å²) in [6.07, 6.45) is 7.18. The van der Waals surface area contributed by atoms with Gasteiger partial charge in [-0.1, -0.05) is 28.9 Å². The normalized spacial score (nSPS) is 10.9. The first-order valence-corrected chi connectivity index (χ1v) is 7.81. The molecule has 6 heteroatoms. The van der Waals surface area contributed by atoms with E-state index < -0.39 is 0 Å². The van der Waals surface area contributed by atoms with Crippen molar-refractivity contribution in [3.63, 3.8) is 0 Å². The molecule has 3 heterocycles. The summed E-state index contributed by atoms with van der Waals surface area (Å²) >= 11 is 6.21. The lowest BCUT2D eigenvalue weighted by molar-refractivity contribution is 0.421. The first-order chi connectivity index (χ1) is 11.8. The third-order valence-electron chi connectivity index (χ3n) is 3.68. The van der Waals surface area contributed by atoms with Crippen molar-refractivity contribution in [2.24, 2.45) is 0 Å². The Balaban J connectivity index is 1.62. The maximum absolute atomic E-state index is 6.21. The molecule has 0 aliphatic heterocycles. The van der Waals surface area contributed by atoms with Crippen LogP contribution in [0.1, 0.15) is 5.69 Å². The number of pyridine rings is 1. The highest BCUT2D eigenvalue weighted by Gasteiger charge is 2.12.